The van der Waals surface area contributed by atoms with Crippen molar-refractivity contribution in [3.8, 4) is 67.5 Å². The van der Waals surface area contributed by atoms with Gasteiger partial charge in [-0.1, -0.05) is 121 Å². The van der Waals surface area contributed by atoms with Crippen molar-refractivity contribution in [2.45, 2.75) is 44.4 Å². The molecule has 0 unspecified atom stereocenters. The molecule has 4 bridgehead atoms. The molecule has 2 heterocycles. The topological polar surface area (TPSA) is 38.7 Å². The van der Waals surface area contributed by atoms with Crippen molar-refractivity contribution in [2.24, 2.45) is 23.7 Å². The van der Waals surface area contributed by atoms with Gasteiger partial charge in [-0.15, -0.1) is 11.3 Å². The molecule has 5 aliphatic carbocycles. The van der Waals surface area contributed by atoms with Gasteiger partial charge < -0.3 is 0 Å². The second-order valence-electron chi connectivity index (χ2n) is 18.1. The van der Waals surface area contributed by atoms with Gasteiger partial charge in [-0.25, -0.2) is 15.0 Å². The third-order valence-electron chi connectivity index (χ3n) is 14.7. The lowest BCUT2D eigenvalue weighted by molar-refractivity contribution is -0.0399. The summed E-state index contributed by atoms with van der Waals surface area (Å²) >= 11 is 1.86. The van der Waals surface area contributed by atoms with Crippen LogP contribution in [0.1, 0.15) is 48.8 Å². The molecule has 2 aromatic heterocycles. The van der Waals surface area contributed by atoms with Gasteiger partial charge in [-0.05, 0) is 150 Å². The molecule has 0 radical (unpaired) electrons. The van der Waals surface area contributed by atoms with Crippen molar-refractivity contribution in [2.75, 3.05) is 0 Å². The van der Waals surface area contributed by atoms with Gasteiger partial charge in [0.1, 0.15) is 0 Å². The third kappa shape index (κ3) is 5.23. The number of rotatable bonds is 5. The van der Waals surface area contributed by atoms with Crippen LogP contribution in [-0.2, 0) is 5.41 Å². The van der Waals surface area contributed by atoms with Crippen LogP contribution in [0, 0.1) is 30.6 Å². The molecule has 0 N–H and O–H groups in total. The summed E-state index contributed by atoms with van der Waals surface area (Å²) in [5.74, 6) is 5.24. The zero-order chi connectivity index (χ0) is 39.5. The molecule has 60 heavy (non-hydrogen) atoms. The first kappa shape index (κ1) is 34.6. The highest BCUT2D eigenvalue weighted by atomic mass is 32.1. The molecule has 0 saturated heterocycles. The number of benzene rings is 7. The maximum absolute atomic E-state index is 5.24. The predicted octanol–water partition coefficient (Wildman–Crippen LogP) is 14.6. The van der Waals surface area contributed by atoms with E-state index in [1.807, 2.05) is 47.7 Å². The van der Waals surface area contributed by atoms with Crippen LogP contribution in [-0.4, -0.2) is 15.0 Å². The van der Waals surface area contributed by atoms with E-state index in [2.05, 4.69) is 128 Å². The summed E-state index contributed by atoms with van der Waals surface area (Å²) in [6.45, 7) is 2.26. The molecule has 3 nitrogen and oxygen atoms in total. The summed E-state index contributed by atoms with van der Waals surface area (Å²) in [5, 5.41) is 2.61. The Hall–Kier alpha value is -6.23. The molecule has 4 heteroatoms. The summed E-state index contributed by atoms with van der Waals surface area (Å²) in [7, 11) is 0. The van der Waals surface area contributed by atoms with E-state index in [1.54, 1.807) is 11.1 Å². The predicted molar refractivity (Wildman–Crippen MR) is 248 cm³/mol. The minimum Gasteiger partial charge on any atom is -0.208 e. The minimum atomic E-state index is 0.0939. The Labute approximate surface area is 354 Å². The van der Waals surface area contributed by atoms with Gasteiger partial charge in [0, 0.05) is 42.3 Å². The first-order chi connectivity index (χ1) is 29.5. The highest BCUT2D eigenvalue weighted by Gasteiger charge is 2.61. The average Bonchev–Trinajstić information content (AvgIpc) is 3.81. The summed E-state index contributed by atoms with van der Waals surface area (Å²) in [4.78, 5) is 15.5. The van der Waals surface area contributed by atoms with Gasteiger partial charge >= 0.3 is 0 Å². The Bertz CT molecular complexity index is 3100. The van der Waals surface area contributed by atoms with Crippen LogP contribution in [0.4, 0.5) is 0 Å². The molecule has 4 saturated carbocycles. The fourth-order valence-corrected chi connectivity index (χ4v) is 13.5. The van der Waals surface area contributed by atoms with Crippen molar-refractivity contribution in [3.05, 3.63) is 174 Å². The normalized spacial score (nSPS) is 22.1. The van der Waals surface area contributed by atoms with Crippen molar-refractivity contribution >= 4 is 31.5 Å². The number of fused-ring (bicyclic) bond motifs is 6. The molecular formula is C56H43N3S. The molecule has 4 fully saturated rings. The third-order valence-corrected chi connectivity index (χ3v) is 15.9. The number of aromatic nitrogens is 3. The van der Waals surface area contributed by atoms with Crippen LogP contribution < -0.4 is 0 Å². The number of hydrogen-bond acceptors (Lipinski definition) is 4. The molecule has 7 aromatic carbocycles. The monoisotopic (exact) mass is 789 g/mol. The van der Waals surface area contributed by atoms with E-state index in [0.29, 0.717) is 29.3 Å². The standard InChI is InChI=1S/C56H43N3S/c1-33-16-20-49-47(22-33)45-19-17-39(32-50(45)56(49)43-24-34-23-35(26-43)27-44(56)25-34)41-28-40(38-18-21-52-48(31-38)46-14-8-9-15-51(46)60-52)29-42(30-41)55-58-53(36-10-4-2-5-11-36)57-54(59-55)37-12-6-3-7-13-37/h2-22,28-32,34-35,43-44H,23-27H2,1H3. The van der Waals surface area contributed by atoms with Gasteiger partial charge in [-0.2, -0.15) is 0 Å². The molecule has 9 aromatic rings. The first-order valence-electron chi connectivity index (χ1n) is 21.8. The lowest BCUT2D eigenvalue weighted by atomic mass is 9.43. The van der Waals surface area contributed by atoms with Gasteiger partial charge in [0.15, 0.2) is 17.5 Å². The van der Waals surface area contributed by atoms with Crippen LogP contribution in [0.3, 0.4) is 0 Å². The van der Waals surface area contributed by atoms with Crippen molar-refractivity contribution in [1.29, 1.82) is 0 Å². The lowest BCUT2D eigenvalue weighted by Crippen LogP contribution is -2.55. The molecule has 0 atom stereocenters. The molecule has 14 rings (SSSR count). The van der Waals surface area contributed by atoms with Crippen LogP contribution in [0.15, 0.2) is 158 Å². The van der Waals surface area contributed by atoms with Gasteiger partial charge in [-0.3, -0.25) is 0 Å². The van der Waals surface area contributed by atoms with E-state index in [9.17, 15) is 0 Å². The smallest absolute Gasteiger partial charge is 0.164 e. The Kier molecular flexibility index (Phi) is 7.58. The second kappa shape index (κ2) is 13.1. The Balaban J connectivity index is 1.04. The summed E-state index contributed by atoms with van der Waals surface area (Å²) in [6.07, 6.45) is 6.94. The fourth-order valence-electron chi connectivity index (χ4n) is 12.4. The number of thiophene rings is 1. The van der Waals surface area contributed by atoms with Crippen LogP contribution in [0.25, 0.3) is 87.7 Å². The molecule has 1 spiro atoms. The van der Waals surface area contributed by atoms with Crippen LogP contribution >= 0.6 is 11.3 Å². The molecule has 0 aliphatic heterocycles. The Morgan fingerprint density at radius 2 is 0.983 bits per heavy atom. The van der Waals surface area contributed by atoms with Crippen molar-refractivity contribution in [3.63, 3.8) is 0 Å². The largest absolute Gasteiger partial charge is 0.208 e. The molecule has 5 aliphatic rings. The Morgan fingerprint density at radius 1 is 0.417 bits per heavy atom. The molecular weight excluding hydrogens is 747 g/mol. The highest BCUT2D eigenvalue weighted by molar-refractivity contribution is 7.25. The highest BCUT2D eigenvalue weighted by Crippen LogP contribution is 2.69. The molecule has 0 amide bonds. The van der Waals surface area contributed by atoms with Gasteiger partial charge in [0.25, 0.3) is 0 Å². The quantitative estimate of drug-likeness (QED) is 0.174. The van der Waals surface area contributed by atoms with Crippen LogP contribution in [0.5, 0.6) is 0 Å². The van der Waals surface area contributed by atoms with Gasteiger partial charge in [0.05, 0.1) is 0 Å². The van der Waals surface area contributed by atoms with Gasteiger partial charge in [0.2, 0.25) is 0 Å². The second-order valence-corrected chi connectivity index (χ2v) is 19.2. The average molecular weight is 790 g/mol. The zero-order valence-corrected chi connectivity index (χ0v) is 34.4. The zero-order valence-electron chi connectivity index (χ0n) is 33.6. The molecule has 288 valence electrons. The number of aryl methyl sites for hydroxylation is 1. The number of nitrogens with zero attached hydrogens (tertiary/aromatic N) is 3. The maximum atomic E-state index is 5.24. The maximum Gasteiger partial charge on any atom is 0.164 e. The van der Waals surface area contributed by atoms with E-state index in [4.69, 9.17) is 15.0 Å². The summed E-state index contributed by atoms with van der Waals surface area (Å²) in [5.41, 5.74) is 15.3. The van der Waals surface area contributed by atoms with E-state index in [1.165, 1.54) is 85.7 Å². The van der Waals surface area contributed by atoms with Crippen molar-refractivity contribution in [1.82, 2.24) is 15.0 Å². The fraction of sp³-hybridized carbons (Fsp3) is 0.196. The van der Waals surface area contributed by atoms with Crippen molar-refractivity contribution < 1.29 is 0 Å². The number of hydrogen-bond donors (Lipinski definition) is 0. The minimum absolute atomic E-state index is 0.0939. The first-order valence-corrected chi connectivity index (χ1v) is 22.6. The van der Waals surface area contributed by atoms with E-state index >= 15 is 0 Å². The lowest BCUT2D eigenvalue weighted by Gasteiger charge is -2.61. The van der Waals surface area contributed by atoms with E-state index in [0.717, 1.165) is 34.1 Å². The summed E-state index contributed by atoms with van der Waals surface area (Å²) in [6, 6.07) is 58.2. The van der Waals surface area contributed by atoms with E-state index in [-0.39, 0.29) is 5.41 Å². The Morgan fingerprint density at radius 3 is 1.67 bits per heavy atom. The van der Waals surface area contributed by atoms with E-state index < -0.39 is 0 Å². The summed E-state index contributed by atoms with van der Waals surface area (Å²) < 4.78 is 2.63. The SMILES string of the molecule is Cc1ccc2c(c1)-c1ccc(-c3cc(-c4ccc5sc6ccccc6c5c4)cc(-c4nc(-c5ccccc5)nc(-c5ccccc5)n4)c3)cc1C21C2CC3CC(C2)CC1C3. The van der Waals surface area contributed by atoms with Crippen LogP contribution in [0.2, 0.25) is 0 Å².